The fraction of sp³-hybridized carbons (Fsp3) is 0.615. The molecule has 0 spiro atoms. The summed E-state index contributed by atoms with van der Waals surface area (Å²) in [5, 5.41) is 9.75. The zero-order chi connectivity index (χ0) is 15.2. The van der Waals surface area contributed by atoms with Gasteiger partial charge in [-0.3, -0.25) is 4.68 Å². The molecule has 1 aromatic heterocycles. The molecule has 2 N–H and O–H groups in total. The number of aromatic nitrogens is 2. The van der Waals surface area contributed by atoms with Gasteiger partial charge in [-0.25, -0.2) is 9.59 Å². The highest BCUT2D eigenvalue weighted by Crippen LogP contribution is 2.11. The number of likely N-dealkylation sites (tertiary alicyclic amines) is 1. The van der Waals surface area contributed by atoms with Crippen LogP contribution in [0.5, 0.6) is 0 Å². The number of piperidine rings is 1. The minimum Gasteiger partial charge on any atom is -0.453 e. The quantitative estimate of drug-likeness (QED) is 0.847. The van der Waals surface area contributed by atoms with Crippen molar-refractivity contribution < 1.29 is 14.3 Å². The third-order valence-corrected chi connectivity index (χ3v) is 3.47. The first-order valence-electron chi connectivity index (χ1n) is 6.93. The molecule has 1 saturated heterocycles. The summed E-state index contributed by atoms with van der Waals surface area (Å²) < 4.78 is 6.37. The van der Waals surface area contributed by atoms with Gasteiger partial charge in [0.1, 0.15) is 0 Å². The van der Waals surface area contributed by atoms with Crippen LogP contribution in [0.1, 0.15) is 18.4 Å². The molecule has 0 unspecified atom stereocenters. The molecule has 0 saturated carbocycles. The number of carbonyl (C=O) groups excluding carboxylic acids is 2. The lowest BCUT2D eigenvalue weighted by atomic mass is 10.1. The molecule has 2 rings (SSSR count). The molecule has 1 aliphatic heterocycles. The highest BCUT2D eigenvalue weighted by atomic mass is 16.5. The molecule has 1 aromatic rings. The van der Waals surface area contributed by atoms with E-state index in [0.29, 0.717) is 19.6 Å². The number of rotatable bonds is 3. The smallest absolute Gasteiger partial charge is 0.409 e. The molecule has 0 aliphatic carbocycles. The molecule has 1 fully saturated rings. The Morgan fingerprint density at radius 3 is 2.71 bits per heavy atom. The van der Waals surface area contributed by atoms with Crippen molar-refractivity contribution >= 4 is 12.1 Å². The Morgan fingerprint density at radius 1 is 1.43 bits per heavy atom. The van der Waals surface area contributed by atoms with Crippen LogP contribution in [-0.4, -0.2) is 53.0 Å². The summed E-state index contributed by atoms with van der Waals surface area (Å²) in [5.74, 6) is 0. The number of ether oxygens (including phenoxy) is 1. The van der Waals surface area contributed by atoms with E-state index in [4.69, 9.17) is 0 Å². The fourth-order valence-electron chi connectivity index (χ4n) is 2.32. The summed E-state index contributed by atoms with van der Waals surface area (Å²) in [7, 11) is 3.21. The molecule has 3 amide bonds. The normalized spacial score (nSPS) is 15.6. The highest BCUT2D eigenvalue weighted by molar-refractivity contribution is 5.74. The zero-order valence-corrected chi connectivity index (χ0v) is 12.3. The Kier molecular flexibility index (Phi) is 5.02. The van der Waals surface area contributed by atoms with E-state index >= 15 is 0 Å². The molecular formula is C13H21N5O3. The largest absolute Gasteiger partial charge is 0.453 e. The standard InChI is InChI=1S/C13H21N5O3/c1-17-9-10(8-15-17)7-14-12(19)16-11-3-5-18(6-4-11)13(20)21-2/h8-9,11H,3-7H2,1-2H3,(H2,14,16,19). The van der Waals surface area contributed by atoms with Gasteiger partial charge in [0, 0.05) is 44.5 Å². The third-order valence-electron chi connectivity index (χ3n) is 3.47. The summed E-state index contributed by atoms with van der Waals surface area (Å²) >= 11 is 0. The molecule has 116 valence electrons. The number of hydrogen-bond acceptors (Lipinski definition) is 4. The van der Waals surface area contributed by atoms with Crippen molar-refractivity contribution in [3.8, 4) is 0 Å². The molecule has 0 radical (unpaired) electrons. The van der Waals surface area contributed by atoms with E-state index in [0.717, 1.165) is 18.4 Å². The van der Waals surface area contributed by atoms with Gasteiger partial charge in [-0.1, -0.05) is 0 Å². The Morgan fingerprint density at radius 2 is 2.14 bits per heavy atom. The van der Waals surface area contributed by atoms with Crippen molar-refractivity contribution in [3.05, 3.63) is 18.0 Å². The molecule has 2 heterocycles. The van der Waals surface area contributed by atoms with Gasteiger partial charge in [0.25, 0.3) is 0 Å². The van der Waals surface area contributed by atoms with E-state index in [2.05, 4.69) is 20.5 Å². The molecule has 21 heavy (non-hydrogen) atoms. The average molecular weight is 295 g/mol. The highest BCUT2D eigenvalue weighted by Gasteiger charge is 2.24. The van der Waals surface area contributed by atoms with Crippen LogP contribution >= 0.6 is 0 Å². The lowest BCUT2D eigenvalue weighted by Gasteiger charge is -2.31. The molecule has 8 heteroatoms. The van der Waals surface area contributed by atoms with E-state index in [1.807, 2.05) is 13.2 Å². The van der Waals surface area contributed by atoms with Crippen LogP contribution in [0.3, 0.4) is 0 Å². The Balaban J connectivity index is 1.68. The van der Waals surface area contributed by atoms with Gasteiger partial charge in [-0.15, -0.1) is 0 Å². The van der Waals surface area contributed by atoms with Crippen LogP contribution in [0.4, 0.5) is 9.59 Å². The fourth-order valence-corrected chi connectivity index (χ4v) is 2.32. The number of nitrogens with zero attached hydrogens (tertiary/aromatic N) is 3. The minimum absolute atomic E-state index is 0.0832. The first-order chi connectivity index (χ1) is 10.1. The summed E-state index contributed by atoms with van der Waals surface area (Å²) in [4.78, 5) is 24.8. The topological polar surface area (TPSA) is 88.5 Å². The number of urea groups is 1. The van der Waals surface area contributed by atoms with Crippen molar-refractivity contribution in [1.29, 1.82) is 0 Å². The van der Waals surface area contributed by atoms with Crippen LogP contribution in [0, 0.1) is 0 Å². The van der Waals surface area contributed by atoms with Crippen molar-refractivity contribution in [2.45, 2.75) is 25.4 Å². The van der Waals surface area contributed by atoms with E-state index in [1.165, 1.54) is 7.11 Å². The summed E-state index contributed by atoms with van der Waals surface area (Å²) in [6.07, 6.45) is 4.73. The Hall–Kier alpha value is -2.25. The number of hydrogen-bond donors (Lipinski definition) is 2. The molecular weight excluding hydrogens is 274 g/mol. The van der Waals surface area contributed by atoms with E-state index in [-0.39, 0.29) is 18.2 Å². The zero-order valence-electron chi connectivity index (χ0n) is 12.3. The number of nitrogens with one attached hydrogen (secondary N) is 2. The lowest BCUT2D eigenvalue weighted by Crippen LogP contribution is -2.48. The summed E-state index contributed by atoms with van der Waals surface area (Å²) in [6.45, 7) is 1.64. The van der Waals surface area contributed by atoms with Gasteiger partial charge in [0.15, 0.2) is 0 Å². The summed E-state index contributed by atoms with van der Waals surface area (Å²) in [5.41, 5.74) is 0.952. The molecule has 1 aliphatic rings. The van der Waals surface area contributed by atoms with Crippen molar-refractivity contribution in [1.82, 2.24) is 25.3 Å². The predicted molar refractivity (Wildman–Crippen MR) is 75.6 cm³/mol. The SMILES string of the molecule is COC(=O)N1CCC(NC(=O)NCc2cnn(C)c2)CC1. The van der Waals surface area contributed by atoms with Crippen LogP contribution < -0.4 is 10.6 Å². The first kappa shape index (κ1) is 15.1. The van der Waals surface area contributed by atoms with Crippen LogP contribution in [-0.2, 0) is 18.3 Å². The maximum Gasteiger partial charge on any atom is 0.409 e. The van der Waals surface area contributed by atoms with Crippen LogP contribution in [0.15, 0.2) is 12.4 Å². The van der Waals surface area contributed by atoms with E-state index in [1.54, 1.807) is 15.8 Å². The second-order valence-corrected chi connectivity index (χ2v) is 5.08. The third kappa shape index (κ3) is 4.37. The van der Waals surface area contributed by atoms with Crippen LogP contribution in [0.2, 0.25) is 0 Å². The molecule has 0 aromatic carbocycles. The maximum absolute atomic E-state index is 11.8. The van der Waals surface area contributed by atoms with E-state index < -0.39 is 0 Å². The van der Waals surface area contributed by atoms with E-state index in [9.17, 15) is 9.59 Å². The molecule has 0 atom stereocenters. The van der Waals surface area contributed by atoms with Gasteiger partial charge in [-0.05, 0) is 12.8 Å². The molecule has 0 bridgehead atoms. The minimum atomic E-state index is -0.311. The van der Waals surface area contributed by atoms with Crippen molar-refractivity contribution in [2.75, 3.05) is 20.2 Å². The van der Waals surface area contributed by atoms with Gasteiger partial charge < -0.3 is 20.3 Å². The number of aryl methyl sites for hydroxylation is 1. The predicted octanol–water partition coefficient (Wildman–Crippen LogP) is 0.450. The number of methoxy groups -OCH3 is 1. The Bertz CT molecular complexity index is 494. The monoisotopic (exact) mass is 295 g/mol. The maximum atomic E-state index is 11.8. The lowest BCUT2D eigenvalue weighted by molar-refractivity contribution is 0.110. The van der Waals surface area contributed by atoms with Gasteiger partial charge >= 0.3 is 12.1 Å². The second-order valence-electron chi connectivity index (χ2n) is 5.08. The average Bonchev–Trinajstić information content (AvgIpc) is 2.91. The number of carbonyl (C=O) groups is 2. The van der Waals surface area contributed by atoms with Crippen molar-refractivity contribution in [2.24, 2.45) is 7.05 Å². The first-order valence-corrected chi connectivity index (χ1v) is 6.93. The van der Waals surface area contributed by atoms with Gasteiger partial charge in [0.05, 0.1) is 13.3 Å². The number of amides is 3. The van der Waals surface area contributed by atoms with Gasteiger partial charge in [-0.2, -0.15) is 5.10 Å². The Labute approximate surface area is 123 Å². The molecule has 8 nitrogen and oxygen atoms in total. The van der Waals surface area contributed by atoms with Crippen LogP contribution in [0.25, 0.3) is 0 Å². The van der Waals surface area contributed by atoms with Gasteiger partial charge in [0.2, 0.25) is 0 Å². The van der Waals surface area contributed by atoms with Crippen molar-refractivity contribution in [3.63, 3.8) is 0 Å². The summed E-state index contributed by atoms with van der Waals surface area (Å²) in [6, 6.07) is -0.116. The second kappa shape index (κ2) is 6.96.